The summed E-state index contributed by atoms with van der Waals surface area (Å²) in [5.41, 5.74) is 2.85. The molecule has 0 unspecified atom stereocenters. The lowest BCUT2D eigenvalue weighted by Crippen LogP contribution is -2.22. The van der Waals surface area contributed by atoms with E-state index in [2.05, 4.69) is 20.6 Å². The maximum atomic E-state index is 12.1. The minimum Gasteiger partial charge on any atom is -0.352 e. The molecule has 7 heteroatoms. The third-order valence-corrected chi connectivity index (χ3v) is 4.44. The molecule has 146 valence electrons. The van der Waals surface area contributed by atoms with E-state index in [0.717, 1.165) is 16.8 Å². The van der Waals surface area contributed by atoms with Gasteiger partial charge in [-0.05, 0) is 18.6 Å². The van der Waals surface area contributed by atoms with Gasteiger partial charge < -0.3 is 9.84 Å². The number of benzene rings is 2. The average Bonchev–Trinajstić information content (AvgIpc) is 3.44. The second kappa shape index (κ2) is 8.97. The van der Waals surface area contributed by atoms with Crippen molar-refractivity contribution in [3.05, 3.63) is 84.5 Å². The molecule has 0 bridgehead atoms. The Kier molecular flexibility index (Phi) is 5.76. The van der Waals surface area contributed by atoms with E-state index in [9.17, 15) is 4.79 Å². The SMILES string of the molecule is O=C(CCCc1nc(-c2ccccc2)no1)NCc1cnn(-c2ccccc2)c1. The number of para-hydroxylation sites is 1. The van der Waals surface area contributed by atoms with E-state index in [1.54, 1.807) is 10.9 Å². The van der Waals surface area contributed by atoms with Crippen LogP contribution in [-0.2, 0) is 17.8 Å². The number of nitrogens with zero attached hydrogens (tertiary/aromatic N) is 4. The van der Waals surface area contributed by atoms with Gasteiger partial charge in [-0.25, -0.2) is 4.68 Å². The zero-order chi connectivity index (χ0) is 19.9. The lowest BCUT2D eigenvalue weighted by molar-refractivity contribution is -0.121. The summed E-state index contributed by atoms with van der Waals surface area (Å²) in [4.78, 5) is 16.5. The molecule has 0 aliphatic heterocycles. The van der Waals surface area contributed by atoms with Crippen LogP contribution in [0.2, 0.25) is 0 Å². The van der Waals surface area contributed by atoms with Gasteiger partial charge in [0.15, 0.2) is 0 Å². The Morgan fingerprint density at radius 2 is 1.79 bits per heavy atom. The number of aryl methyl sites for hydroxylation is 1. The highest BCUT2D eigenvalue weighted by Gasteiger charge is 2.09. The predicted molar refractivity (Wildman–Crippen MR) is 108 cm³/mol. The van der Waals surface area contributed by atoms with Crippen molar-refractivity contribution in [2.75, 3.05) is 0 Å². The monoisotopic (exact) mass is 387 g/mol. The lowest BCUT2D eigenvalue weighted by atomic mass is 10.2. The quantitative estimate of drug-likeness (QED) is 0.500. The van der Waals surface area contributed by atoms with Crippen molar-refractivity contribution in [2.24, 2.45) is 0 Å². The first-order valence-corrected chi connectivity index (χ1v) is 9.51. The van der Waals surface area contributed by atoms with E-state index in [1.165, 1.54) is 0 Å². The molecule has 2 aromatic carbocycles. The fourth-order valence-electron chi connectivity index (χ4n) is 2.92. The minimum absolute atomic E-state index is 0.0136. The van der Waals surface area contributed by atoms with Crippen LogP contribution in [0.4, 0.5) is 0 Å². The summed E-state index contributed by atoms with van der Waals surface area (Å²) in [6, 6.07) is 19.5. The Hall–Kier alpha value is -3.74. The third-order valence-electron chi connectivity index (χ3n) is 4.44. The maximum Gasteiger partial charge on any atom is 0.226 e. The second-order valence-corrected chi connectivity index (χ2v) is 6.64. The van der Waals surface area contributed by atoms with Crippen LogP contribution in [0.1, 0.15) is 24.3 Å². The fraction of sp³-hybridized carbons (Fsp3) is 0.182. The minimum atomic E-state index is -0.0136. The van der Waals surface area contributed by atoms with Gasteiger partial charge in [0, 0.05) is 36.7 Å². The van der Waals surface area contributed by atoms with E-state index in [1.807, 2.05) is 66.9 Å². The molecule has 0 aliphatic rings. The lowest BCUT2D eigenvalue weighted by Gasteiger charge is -2.03. The van der Waals surface area contributed by atoms with Crippen LogP contribution in [0.15, 0.2) is 77.6 Å². The van der Waals surface area contributed by atoms with Gasteiger partial charge >= 0.3 is 0 Å². The first kappa shape index (κ1) is 18.6. The van der Waals surface area contributed by atoms with Crippen molar-refractivity contribution in [1.82, 2.24) is 25.2 Å². The number of nitrogens with one attached hydrogen (secondary N) is 1. The van der Waals surface area contributed by atoms with Crippen LogP contribution in [-0.4, -0.2) is 25.8 Å². The van der Waals surface area contributed by atoms with Crippen molar-refractivity contribution in [1.29, 1.82) is 0 Å². The molecule has 0 aliphatic carbocycles. The number of carbonyl (C=O) groups excluding carboxylic acids is 1. The molecule has 0 spiro atoms. The first-order valence-electron chi connectivity index (χ1n) is 9.51. The van der Waals surface area contributed by atoms with Crippen molar-refractivity contribution in [2.45, 2.75) is 25.8 Å². The molecular formula is C22H21N5O2. The van der Waals surface area contributed by atoms with Crippen LogP contribution in [0.5, 0.6) is 0 Å². The standard InChI is InChI=1S/C22H21N5O2/c28-20(23-14-17-15-24-27(16-17)19-10-5-2-6-11-19)12-7-13-21-25-22(26-29-21)18-8-3-1-4-9-18/h1-6,8-11,15-16H,7,12-14H2,(H,23,28). The van der Waals surface area contributed by atoms with Crippen LogP contribution >= 0.6 is 0 Å². The van der Waals surface area contributed by atoms with Crippen LogP contribution in [0.25, 0.3) is 17.1 Å². The van der Waals surface area contributed by atoms with Gasteiger partial charge in [0.2, 0.25) is 17.6 Å². The number of aromatic nitrogens is 4. The van der Waals surface area contributed by atoms with Crippen LogP contribution < -0.4 is 5.32 Å². The van der Waals surface area contributed by atoms with E-state index in [4.69, 9.17) is 4.52 Å². The van der Waals surface area contributed by atoms with E-state index in [-0.39, 0.29) is 5.91 Å². The maximum absolute atomic E-state index is 12.1. The highest BCUT2D eigenvalue weighted by Crippen LogP contribution is 2.15. The van der Waals surface area contributed by atoms with E-state index in [0.29, 0.717) is 37.5 Å². The number of hydrogen-bond donors (Lipinski definition) is 1. The summed E-state index contributed by atoms with van der Waals surface area (Å²) < 4.78 is 7.06. The van der Waals surface area contributed by atoms with Crippen LogP contribution in [0.3, 0.4) is 0 Å². The van der Waals surface area contributed by atoms with Gasteiger partial charge in [-0.1, -0.05) is 53.7 Å². The molecule has 0 saturated carbocycles. The Morgan fingerprint density at radius 1 is 1.03 bits per heavy atom. The zero-order valence-corrected chi connectivity index (χ0v) is 15.9. The normalized spacial score (nSPS) is 10.8. The first-order chi connectivity index (χ1) is 14.3. The molecule has 1 N–H and O–H groups in total. The Balaban J connectivity index is 1.21. The van der Waals surface area contributed by atoms with Gasteiger partial charge in [-0.2, -0.15) is 10.1 Å². The largest absolute Gasteiger partial charge is 0.352 e. The Morgan fingerprint density at radius 3 is 2.59 bits per heavy atom. The smallest absolute Gasteiger partial charge is 0.226 e. The van der Waals surface area contributed by atoms with E-state index >= 15 is 0 Å². The number of rotatable bonds is 8. The molecule has 0 saturated heterocycles. The highest BCUT2D eigenvalue weighted by molar-refractivity contribution is 5.75. The fourth-order valence-corrected chi connectivity index (χ4v) is 2.92. The van der Waals surface area contributed by atoms with Gasteiger partial charge in [0.25, 0.3) is 0 Å². The molecule has 4 aromatic rings. The van der Waals surface area contributed by atoms with Crippen molar-refractivity contribution in [3.63, 3.8) is 0 Å². The highest BCUT2D eigenvalue weighted by atomic mass is 16.5. The Bertz CT molecular complexity index is 1060. The molecule has 2 heterocycles. The number of carbonyl (C=O) groups is 1. The van der Waals surface area contributed by atoms with E-state index < -0.39 is 0 Å². The molecule has 0 radical (unpaired) electrons. The van der Waals surface area contributed by atoms with Gasteiger partial charge in [-0.3, -0.25) is 4.79 Å². The molecule has 29 heavy (non-hydrogen) atoms. The molecule has 7 nitrogen and oxygen atoms in total. The average molecular weight is 387 g/mol. The number of amides is 1. The van der Waals surface area contributed by atoms with Gasteiger partial charge in [-0.15, -0.1) is 0 Å². The predicted octanol–water partition coefficient (Wildman–Crippen LogP) is 3.56. The molecule has 4 rings (SSSR count). The summed E-state index contributed by atoms with van der Waals surface area (Å²) in [6.07, 6.45) is 5.29. The molecular weight excluding hydrogens is 366 g/mol. The Labute approximate surface area is 168 Å². The van der Waals surface area contributed by atoms with Crippen molar-refractivity contribution in [3.8, 4) is 17.1 Å². The molecule has 1 amide bonds. The summed E-state index contributed by atoms with van der Waals surface area (Å²) in [5, 5.41) is 11.2. The summed E-state index contributed by atoms with van der Waals surface area (Å²) in [7, 11) is 0. The third kappa shape index (κ3) is 4.95. The van der Waals surface area contributed by atoms with Crippen molar-refractivity contribution >= 4 is 5.91 Å². The molecule has 0 fully saturated rings. The molecule has 0 atom stereocenters. The number of hydrogen-bond acceptors (Lipinski definition) is 5. The van der Waals surface area contributed by atoms with Crippen LogP contribution in [0, 0.1) is 0 Å². The topological polar surface area (TPSA) is 85.8 Å². The summed E-state index contributed by atoms with van der Waals surface area (Å²) in [6.45, 7) is 0.449. The van der Waals surface area contributed by atoms with Crippen molar-refractivity contribution < 1.29 is 9.32 Å². The summed E-state index contributed by atoms with van der Waals surface area (Å²) >= 11 is 0. The summed E-state index contributed by atoms with van der Waals surface area (Å²) in [5.74, 6) is 1.10. The zero-order valence-electron chi connectivity index (χ0n) is 15.9. The van der Waals surface area contributed by atoms with Gasteiger partial charge in [0.05, 0.1) is 11.9 Å². The molecule has 2 aromatic heterocycles. The van der Waals surface area contributed by atoms with Gasteiger partial charge in [0.1, 0.15) is 0 Å². The second-order valence-electron chi connectivity index (χ2n) is 6.64.